The SMILES string of the molecule is CC.CC1CCN(C(=O)C2CCN(C)CC2)CC1.CC1CCN(C(=O)CCN2CCN(C)CC2)CC1.CCC. The van der Waals surface area contributed by atoms with Crippen molar-refractivity contribution < 1.29 is 9.59 Å². The van der Waals surface area contributed by atoms with E-state index in [0.29, 0.717) is 24.2 Å². The zero-order valence-corrected chi connectivity index (χ0v) is 27.2. The van der Waals surface area contributed by atoms with E-state index in [1.165, 1.54) is 32.1 Å². The van der Waals surface area contributed by atoms with Crippen LogP contribution in [0.25, 0.3) is 0 Å². The van der Waals surface area contributed by atoms with Crippen molar-refractivity contribution in [1.82, 2.24) is 24.5 Å². The maximum atomic E-state index is 12.3. The molecule has 4 fully saturated rings. The molecular weight excluding hydrogens is 486 g/mol. The van der Waals surface area contributed by atoms with E-state index in [0.717, 1.165) is 96.7 Å². The number of carbonyl (C=O) groups excluding carboxylic acids is 2. The lowest BCUT2D eigenvalue weighted by atomic mass is 9.93. The molecule has 4 aliphatic heterocycles. The Morgan fingerprint density at radius 2 is 1.03 bits per heavy atom. The summed E-state index contributed by atoms with van der Waals surface area (Å²) < 4.78 is 0. The van der Waals surface area contributed by atoms with Crippen LogP contribution in [0.3, 0.4) is 0 Å². The summed E-state index contributed by atoms with van der Waals surface area (Å²) in [6.45, 7) is 24.4. The molecular formula is C32H65N5O2. The first-order valence-corrected chi connectivity index (χ1v) is 16.4. The van der Waals surface area contributed by atoms with Gasteiger partial charge in [-0.05, 0) is 77.5 Å². The van der Waals surface area contributed by atoms with E-state index in [1.807, 2.05) is 13.8 Å². The molecule has 0 saturated carbocycles. The lowest BCUT2D eigenvalue weighted by Gasteiger charge is -2.35. The quantitative estimate of drug-likeness (QED) is 0.497. The normalized spacial score (nSPS) is 22.6. The molecule has 4 rings (SSSR count). The average molecular weight is 552 g/mol. The van der Waals surface area contributed by atoms with Crippen LogP contribution in [-0.4, -0.2) is 122 Å². The number of nitrogens with zero attached hydrogens (tertiary/aromatic N) is 5. The van der Waals surface area contributed by atoms with Crippen LogP contribution in [-0.2, 0) is 9.59 Å². The first-order chi connectivity index (χ1) is 18.7. The van der Waals surface area contributed by atoms with Gasteiger partial charge in [-0.15, -0.1) is 0 Å². The molecule has 0 unspecified atom stereocenters. The summed E-state index contributed by atoms with van der Waals surface area (Å²) in [7, 11) is 4.31. The van der Waals surface area contributed by atoms with Crippen molar-refractivity contribution in [3.05, 3.63) is 0 Å². The first-order valence-electron chi connectivity index (χ1n) is 16.4. The molecule has 4 heterocycles. The van der Waals surface area contributed by atoms with Gasteiger partial charge in [0.05, 0.1) is 0 Å². The minimum Gasteiger partial charge on any atom is -0.343 e. The maximum Gasteiger partial charge on any atom is 0.225 e. The summed E-state index contributed by atoms with van der Waals surface area (Å²) in [6, 6.07) is 0. The number of hydrogen-bond acceptors (Lipinski definition) is 5. The van der Waals surface area contributed by atoms with Crippen LogP contribution in [0.4, 0.5) is 0 Å². The predicted octanol–water partition coefficient (Wildman–Crippen LogP) is 4.91. The lowest BCUT2D eigenvalue weighted by molar-refractivity contribution is -0.138. The predicted molar refractivity (Wildman–Crippen MR) is 166 cm³/mol. The number of piperazine rings is 1. The van der Waals surface area contributed by atoms with E-state index in [9.17, 15) is 9.59 Å². The van der Waals surface area contributed by atoms with Crippen LogP contribution in [0.5, 0.6) is 0 Å². The highest BCUT2D eigenvalue weighted by atomic mass is 16.2. The zero-order chi connectivity index (χ0) is 29.2. The molecule has 230 valence electrons. The lowest BCUT2D eigenvalue weighted by Crippen LogP contribution is -2.46. The smallest absolute Gasteiger partial charge is 0.225 e. The van der Waals surface area contributed by atoms with Gasteiger partial charge in [0.15, 0.2) is 0 Å². The molecule has 0 aromatic carbocycles. The van der Waals surface area contributed by atoms with E-state index < -0.39 is 0 Å². The molecule has 0 aromatic rings. The molecule has 39 heavy (non-hydrogen) atoms. The highest BCUT2D eigenvalue weighted by molar-refractivity contribution is 5.79. The average Bonchev–Trinajstić information content (AvgIpc) is 2.95. The fourth-order valence-electron chi connectivity index (χ4n) is 5.48. The third-order valence-electron chi connectivity index (χ3n) is 8.54. The molecule has 7 nitrogen and oxygen atoms in total. The number of piperidine rings is 3. The molecule has 0 radical (unpaired) electrons. The van der Waals surface area contributed by atoms with Gasteiger partial charge in [0, 0.05) is 71.2 Å². The third kappa shape index (κ3) is 14.3. The molecule has 7 heteroatoms. The highest BCUT2D eigenvalue weighted by Crippen LogP contribution is 2.23. The van der Waals surface area contributed by atoms with Crippen LogP contribution in [0.1, 0.15) is 92.9 Å². The molecule has 0 aliphatic carbocycles. The van der Waals surface area contributed by atoms with Crippen LogP contribution >= 0.6 is 0 Å². The topological polar surface area (TPSA) is 50.3 Å². The van der Waals surface area contributed by atoms with Crippen molar-refractivity contribution in [3.8, 4) is 0 Å². The Morgan fingerprint density at radius 3 is 1.49 bits per heavy atom. The minimum absolute atomic E-state index is 0.310. The number of likely N-dealkylation sites (N-methyl/N-ethyl adjacent to an activating group) is 1. The Balaban J connectivity index is 0.000000337. The zero-order valence-electron chi connectivity index (χ0n) is 27.2. The van der Waals surface area contributed by atoms with E-state index in [1.54, 1.807) is 0 Å². The molecule has 2 amide bonds. The molecule has 0 aromatic heterocycles. The maximum absolute atomic E-state index is 12.3. The Hall–Kier alpha value is -1.18. The van der Waals surface area contributed by atoms with Crippen molar-refractivity contribution in [2.75, 3.05) is 86.1 Å². The van der Waals surface area contributed by atoms with Gasteiger partial charge in [0.25, 0.3) is 0 Å². The number of hydrogen-bond donors (Lipinski definition) is 0. The summed E-state index contributed by atoms with van der Waals surface area (Å²) in [5.74, 6) is 2.71. The fourth-order valence-corrected chi connectivity index (χ4v) is 5.48. The second-order valence-corrected chi connectivity index (χ2v) is 12.3. The number of carbonyl (C=O) groups is 2. The Morgan fingerprint density at radius 1 is 0.615 bits per heavy atom. The summed E-state index contributed by atoms with van der Waals surface area (Å²) in [5, 5.41) is 0. The van der Waals surface area contributed by atoms with Crippen molar-refractivity contribution in [1.29, 1.82) is 0 Å². The molecule has 0 N–H and O–H groups in total. The largest absolute Gasteiger partial charge is 0.343 e. The second kappa shape index (κ2) is 20.7. The molecule has 0 spiro atoms. The van der Waals surface area contributed by atoms with Crippen LogP contribution in [0.2, 0.25) is 0 Å². The van der Waals surface area contributed by atoms with E-state index in [2.05, 4.69) is 66.3 Å². The van der Waals surface area contributed by atoms with Gasteiger partial charge in [0.2, 0.25) is 11.8 Å². The Bertz CT molecular complexity index is 604. The van der Waals surface area contributed by atoms with Crippen LogP contribution in [0, 0.1) is 17.8 Å². The fraction of sp³-hybridized carbons (Fsp3) is 0.938. The van der Waals surface area contributed by atoms with Crippen LogP contribution < -0.4 is 0 Å². The molecule has 4 saturated heterocycles. The van der Waals surface area contributed by atoms with Gasteiger partial charge in [-0.2, -0.15) is 0 Å². The summed E-state index contributed by atoms with van der Waals surface area (Å²) in [4.78, 5) is 35.6. The monoisotopic (exact) mass is 552 g/mol. The van der Waals surface area contributed by atoms with Crippen molar-refractivity contribution in [2.24, 2.45) is 17.8 Å². The van der Waals surface area contributed by atoms with Gasteiger partial charge in [-0.1, -0.05) is 48.0 Å². The minimum atomic E-state index is 0.310. The number of likely N-dealkylation sites (tertiary alicyclic amines) is 3. The first kappa shape index (κ1) is 35.8. The van der Waals surface area contributed by atoms with Gasteiger partial charge in [-0.25, -0.2) is 0 Å². The van der Waals surface area contributed by atoms with E-state index in [4.69, 9.17) is 0 Å². The van der Waals surface area contributed by atoms with Crippen molar-refractivity contribution in [3.63, 3.8) is 0 Å². The second-order valence-electron chi connectivity index (χ2n) is 12.3. The summed E-state index contributed by atoms with van der Waals surface area (Å²) in [6.07, 6.45) is 8.82. The third-order valence-corrected chi connectivity index (χ3v) is 8.54. The molecule has 0 atom stereocenters. The Kier molecular flexibility index (Phi) is 19.0. The molecule has 4 aliphatic rings. The van der Waals surface area contributed by atoms with Gasteiger partial charge >= 0.3 is 0 Å². The highest BCUT2D eigenvalue weighted by Gasteiger charge is 2.29. The summed E-state index contributed by atoms with van der Waals surface area (Å²) in [5.41, 5.74) is 0. The molecule has 0 bridgehead atoms. The van der Waals surface area contributed by atoms with E-state index in [-0.39, 0.29) is 0 Å². The van der Waals surface area contributed by atoms with Crippen LogP contribution in [0.15, 0.2) is 0 Å². The number of rotatable bonds is 4. The van der Waals surface area contributed by atoms with Crippen molar-refractivity contribution >= 4 is 11.8 Å². The number of amides is 2. The standard InChI is InChI=1S/C14H27N3O.C13H24N2O.C3H8.C2H6/c1-13-3-7-17(8-4-13)14(18)5-6-16-11-9-15(2)10-12-16;1-11-3-9-15(10-4-11)13(16)12-5-7-14(2)8-6-12;1-3-2;1-2/h13H,3-12H2,1-2H3;11-12H,3-10H2,1-2H3;3H2,1-2H3;1-2H3. The van der Waals surface area contributed by atoms with Crippen molar-refractivity contribution in [2.45, 2.75) is 92.9 Å². The van der Waals surface area contributed by atoms with Gasteiger partial charge in [0.1, 0.15) is 0 Å². The Labute approximate surface area is 242 Å². The van der Waals surface area contributed by atoms with Gasteiger partial charge in [-0.3, -0.25) is 9.59 Å². The van der Waals surface area contributed by atoms with E-state index >= 15 is 0 Å². The summed E-state index contributed by atoms with van der Waals surface area (Å²) >= 11 is 0. The van der Waals surface area contributed by atoms with Gasteiger partial charge < -0.3 is 24.5 Å².